The summed E-state index contributed by atoms with van der Waals surface area (Å²) in [5.74, 6) is 2.25. The van der Waals surface area contributed by atoms with E-state index in [0.717, 1.165) is 25.2 Å². The molecule has 1 aromatic rings. The quantitative estimate of drug-likeness (QED) is 0.819. The van der Waals surface area contributed by atoms with E-state index in [1.54, 1.807) is 0 Å². The molecule has 1 fully saturated rings. The monoisotopic (exact) mass is 235 g/mol. The maximum atomic E-state index is 5.89. The van der Waals surface area contributed by atoms with Crippen molar-refractivity contribution in [3.63, 3.8) is 0 Å². The van der Waals surface area contributed by atoms with Gasteiger partial charge in [-0.3, -0.25) is 0 Å². The van der Waals surface area contributed by atoms with Crippen LogP contribution in [0.25, 0.3) is 0 Å². The van der Waals surface area contributed by atoms with E-state index in [1.165, 1.54) is 6.42 Å². The largest absolute Gasteiger partial charge is 0.478 e. The molecule has 0 saturated heterocycles. The molecule has 1 aromatic heterocycles. The predicted molar refractivity (Wildman–Crippen MR) is 69.2 cm³/mol. The van der Waals surface area contributed by atoms with Crippen LogP contribution >= 0.6 is 0 Å². The number of nitrogens with one attached hydrogen (secondary N) is 1. The second kappa shape index (κ2) is 5.87. The van der Waals surface area contributed by atoms with E-state index in [4.69, 9.17) is 10.5 Å². The number of hydrogen-bond donors (Lipinski definition) is 2. The first-order chi connectivity index (χ1) is 8.28. The van der Waals surface area contributed by atoms with Gasteiger partial charge in [0.05, 0.1) is 6.61 Å². The predicted octanol–water partition coefficient (Wildman–Crippen LogP) is 2.02. The Kier molecular flexibility index (Phi) is 4.20. The summed E-state index contributed by atoms with van der Waals surface area (Å²) < 4.78 is 5.36. The molecule has 0 radical (unpaired) electrons. The van der Waals surface area contributed by atoms with Gasteiger partial charge in [0.15, 0.2) is 0 Å². The van der Waals surface area contributed by atoms with Gasteiger partial charge < -0.3 is 15.8 Å². The van der Waals surface area contributed by atoms with Crippen LogP contribution in [0.5, 0.6) is 5.88 Å². The summed E-state index contributed by atoms with van der Waals surface area (Å²) in [6, 6.07) is 6.20. The molecule has 0 spiro atoms. The Morgan fingerprint density at radius 2 is 2.35 bits per heavy atom. The summed E-state index contributed by atoms with van der Waals surface area (Å²) >= 11 is 0. The number of hydrogen-bond acceptors (Lipinski definition) is 4. The molecule has 1 heterocycles. The van der Waals surface area contributed by atoms with Gasteiger partial charge >= 0.3 is 0 Å². The van der Waals surface area contributed by atoms with E-state index in [1.807, 2.05) is 25.1 Å². The van der Waals surface area contributed by atoms with E-state index >= 15 is 0 Å². The smallest absolute Gasteiger partial charge is 0.215 e. The zero-order valence-corrected chi connectivity index (χ0v) is 10.4. The van der Waals surface area contributed by atoms with Gasteiger partial charge in [-0.05, 0) is 38.2 Å². The van der Waals surface area contributed by atoms with Gasteiger partial charge in [0, 0.05) is 18.7 Å². The lowest BCUT2D eigenvalue weighted by Crippen LogP contribution is -2.18. The second-order valence-electron chi connectivity index (χ2n) is 4.61. The summed E-state index contributed by atoms with van der Waals surface area (Å²) in [6.07, 6.45) is 3.50. The molecule has 0 aromatic carbocycles. The Morgan fingerprint density at radius 3 is 3.06 bits per heavy atom. The fourth-order valence-corrected chi connectivity index (χ4v) is 2.29. The minimum Gasteiger partial charge on any atom is -0.478 e. The summed E-state index contributed by atoms with van der Waals surface area (Å²) in [5.41, 5.74) is 5.89. The summed E-state index contributed by atoms with van der Waals surface area (Å²) in [4.78, 5) is 4.38. The molecular formula is C13H21N3O. The molecule has 1 aliphatic carbocycles. The van der Waals surface area contributed by atoms with Crippen molar-refractivity contribution >= 4 is 5.82 Å². The molecule has 2 rings (SSSR count). The first kappa shape index (κ1) is 12.2. The topological polar surface area (TPSA) is 60.2 Å². The molecule has 17 heavy (non-hydrogen) atoms. The number of aromatic nitrogens is 1. The maximum absolute atomic E-state index is 5.89. The van der Waals surface area contributed by atoms with Crippen molar-refractivity contribution in [3.05, 3.63) is 18.2 Å². The Balaban J connectivity index is 1.83. The fourth-order valence-electron chi connectivity index (χ4n) is 2.29. The van der Waals surface area contributed by atoms with Crippen LogP contribution in [-0.2, 0) is 0 Å². The maximum Gasteiger partial charge on any atom is 0.215 e. The summed E-state index contributed by atoms with van der Waals surface area (Å²) in [7, 11) is 0. The van der Waals surface area contributed by atoms with Crippen LogP contribution in [0.15, 0.2) is 18.2 Å². The van der Waals surface area contributed by atoms with E-state index < -0.39 is 0 Å². The molecule has 2 unspecified atom stereocenters. The number of pyridine rings is 1. The van der Waals surface area contributed by atoms with Gasteiger partial charge in [-0.1, -0.05) is 6.07 Å². The van der Waals surface area contributed by atoms with Crippen molar-refractivity contribution < 1.29 is 4.74 Å². The highest BCUT2D eigenvalue weighted by Crippen LogP contribution is 2.24. The van der Waals surface area contributed by atoms with Gasteiger partial charge in [0.2, 0.25) is 5.88 Å². The first-order valence-electron chi connectivity index (χ1n) is 6.37. The molecule has 2 atom stereocenters. The molecule has 4 nitrogen and oxygen atoms in total. The first-order valence-corrected chi connectivity index (χ1v) is 6.37. The van der Waals surface area contributed by atoms with Gasteiger partial charge in [0.1, 0.15) is 5.82 Å². The molecule has 0 amide bonds. The highest BCUT2D eigenvalue weighted by atomic mass is 16.5. The molecule has 3 N–H and O–H groups in total. The molecular weight excluding hydrogens is 214 g/mol. The zero-order chi connectivity index (χ0) is 12.1. The lowest BCUT2D eigenvalue weighted by molar-refractivity contribution is 0.327. The Hall–Kier alpha value is -1.29. The van der Waals surface area contributed by atoms with Crippen LogP contribution in [0.4, 0.5) is 5.82 Å². The van der Waals surface area contributed by atoms with Crippen molar-refractivity contribution in [2.24, 2.45) is 11.7 Å². The third-order valence-electron chi connectivity index (χ3n) is 3.17. The fraction of sp³-hybridized carbons (Fsp3) is 0.615. The number of rotatable bonds is 5. The highest BCUT2D eigenvalue weighted by molar-refractivity contribution is 5.37. The lowest BCUT2D eigenvalue weighted by Gasteiger charge is -2.12. The van der Waals surface area contributed by atoms with Crippen molar-refractivity contribution in [3.8, 4) is 5.88 Å². The van der Waals surface area contributed by atoms with Gasteiger partial charge in [-0.2, -0.15) is 4.98 Å². The Morgan fingerprint density at radius 1 is 1.47 bits per heavy atom. The average molecular weight is 235 g/mol. The van der Waals surface area contributed by atoms with E-state index in [9.17, 15) is 0 Å². The van der Waals surface area contributed by atoms with Gasteiger partial charge in [0.25, 0.3) is 0 Å². The molecule has 4 heteroatoms. The van der Waals surface area contributed by atoms with Crippen molar-refractivity contribution in [2.75, 3.05) is 18.5 Å². The summed E-state index contributed by atoms with van der Waals surface area (Å²) in [6.45, 7) is 3.56. The van der Waals surface area contributed by atoms with Crippen molar-refractivity contribution in [1.29, 1.82) is 0 Å². The zero-order valence-electron chi connectivity index (χ0n) is 10.4. The highest BCUT2D eigenvalue weighted by Gasteiger charge is 2.21. The molecule has 0 aliphatic heterocycles. The number of ether oxygens (including phenoxy) is 1. The summed E-state index contributed by atoms with van der Waals surface area (Å²) in [5, 5.41) is 3.36. The average Bonchev–Trinajstić information content (AvgIpc) is 2.74. The number of nitrogens with two attached hydrogens (primary N) is 1. The third-order valence-corrected chi connectivity index (χ3v) is 3.17. The number of anilines is 1. The third kappa shape index (κ3) is 3.60. The molecule has 0 bridgehead atoms. The van der Waals surface area contributed by atoms with Crippen molar-refractivity contribution in [1.82, 2.24) is 4.98 Å². The molecule has 1 aliphatic rings. The van der Waals surface area contributed by atoms with Gasteiger partial charge in [-0.15, -0.1) is 0 Å². The van der Waals surface area contributed by atoms with Crippen LogP contribution in [0.3, 0.4) is 0 Å². The molecule has 94 valence electrons. The number of nitrogens with zero attached hydrogens (tertiary/aromatic N) is 1. The van der Waals surface area contributed by atoms with Crippen molar-refractivity contribution in [2.45, 2.75) is 32.2 Å². The SMILES string of the molecule is CCOc1cccc(NCC2CCC(N)C2)n1. The second-order valence-corrected chi connectivity index (χ2v) is 4.61. The van der Waals surface area contributed by atoms with Crippen LogP contribution < -0.4 is 15.8 Å². The van der Waals surface area contributed by atoms with Gasteiger partial charge in [-0.25, -0.2) is 0 Å². The van der Waals surface area contributed by atoms with E-state index in [2.05, 4.69) is 10.3 Å². The minimum atomic E-state index is 0.393. The normalized spacial score (nSPS) is 23.6. The van der Waals surface area contributed by atoms with Crippen LogP contribution in [0, 0.1) is 5.92 Å². The lowest BCUT2D eigenvalue weighted by atomic mass is 10.1. The van der Waals surface area contributed by atoms with E-state index in [0.29, 0.717) is 24.4 Å². The van der Waals surface area contributed by atoms with Crippen LogP contribution in [-0.4, -0.2) is 24.2 Å². The minimum absolute atomic E-state index is 0.393. The van der Waals surface area contributed by atoms with Crippen LogP contribution in [0.1, 0.15) is 26.2 Å². The standard InChI is InChI=1S/C13H21N3O/c1-2-17-13-5-3-4-12(16-13)15-9-10-6-7-11(14)8-10/h3-5,10-11H,2,6-9,14H2,1H3,(H,15,16). The molecule has 1 saturated carbocycles. The Labute approximate surface area is 103 Å². The van der Waals surface area contributed by atoms with E-state index in [-0.39, 0.29) is 0 Å². The Bertz CT molecular complexity index is 356. The van der Waals surface area contributed by atoms with Crippen LogP contribution in [0.2, 0.25) is 0 Å².